The van der Waals surface area contributed by atoms with E-state index in [0.717, 1.165) is 42.0 Å². The molecule has 2 amide bonds. The quantitative estimate of drug-likeness (QED) is 0.572. The first-order valence-corrected chi connectivity index (χ1v) is 12.8. The van der Waals surface area contributed by atoms with Crippen LogP contribution in [0.3, 0.4) is 0 Å². The molecule has 0 bridgehead atoms. The van der Waals surface area contributed by atoms with Gasteiger partial charge in [-0.15, -0.1) is 0 Å². The van der Waals surface area contributed by atoms with Crippen molar-refractivity contribution in [1.29, 1.82) is 0 Å². The maximum Gasteiger partial charge on any atom is 0.244 e. The van der Waals surface area contributed by atoms with Crippen LogP contribution in [0.25, 0.3) is 21.9 Å². The van der Waals surface area contributed by atoms with E-state index < -0.39 is 11.7 Å². The maximum atomic E-state index is 15.5. The molecule has 2 saturated heterocycles. The van der Waals surface area contributed by atoms with Crippen molar-refractivity contribution in [2.75, 3.05) is 19.6 Å². The van der Waals surface area contributed by atoms with Crippen molar-refractivity contribution >= 4 is 22.6 Å². The van der Waals surface area contributed by atoms with Gasteiger partial charge in [0.25, 0.3) is 0 Å². The molecule has 184 valence electrons. The van der Waals surface area contributed by atoms with Crippen LogP contribution in [0.15, 0.2) is 54.6 Å². The lowest BCUT2D eigenvalue weighted by molar-refractivity contribution is -0.140. The molecule has 3 aromatic carbocycles. The van der Waals surface area contributed by atoms with Crippen molar-refractivity contribution in [2.45, 2.75) is 37.4 Å². The third-order valence-corrected chi connectivity index (χ3v) is 8.23. The number of halogens is 2. The van der Waals surface area contributed by atoms with Crippen molar-refractivity contribution in [2.24, 2.45) is 11.8 Å². The van der Waals surface area contributed by atoms with Gasteiger partial charge in [0, 0.05) is 37.0 Å². The molecule has 3 aromatic rings. The van der Waals surface area contributed by atoms with E-state index in [1.807, 2.05) is 29.2 Å². The van der Waals surface area contributed by atoms with E-state index in [2.05, 4.69) is 5.32 Å². The molecule has 1 atom stereocenters. The Balaban J connectivity index is 1.13. The van der Waals surface area contributed by atoms with Crippen molar-refractivity contribution in [3.05, 3.63) is 71.8 Å². The van der Waals surface area contributed by atoms with Gasteiger partial charge in [-0.3, -0.25) is 14.9 Å². The van der Waals surface area contributed by atoms with Gasteiger partial charge in [0.1, 0.15) is 23.3 Å². The van der Waals surface area contributed by atoms with Gasteiger partial charge in [0.2, 0.25) is 11.8 Å². The normalized spacial score (nSPS) is 22.9. The Labute approximate surface area is 208 Å². The number of nitrogens with one attached hydrogen (secondary N) is 1. The zero-order valence-electron chi connectivity index (χ0n) is 19.8. The molecule has 0 radical (unpaired) electrons. The van der Waals surface area contributed by atoms with Gasteiger partial charge in [-0.2, -0.15) is 0 Å². The van der Waals surface area contributed by atoms with Crippen LogP contribution in [-0.4, -0.2) is 46.8 Å². The van der Waals surface area contributed by atoms with Gasteiger partial charge in [0.15, 0.2) is 0 Å². The van der Waals surface area contributed by atoms with Gasteiger partial charge in [-0.1, -0.05) is 30.3 Å². The van der Waals surface area contributed by atoms with E-state index in [1.54, 1.807) is 17.0 Å². The summed E-state index contributed by atoms with van der Waals surface area (Å²) in [7, 11) is 0. The standard InChI is InChI=1S/C29H27F2N3O2/c30-23-7-5-18-1-4-20(11-22(18)12-23)21-6-8-24(25(31)13-21)26-32-29(9-10-29)28(36)34(26)16-17-14-33(15-17)27(35)19-2-3-19/h1,4-8,11-13,17,19,26,32H,2-3,9-10,14-16H2. The highest BCUT2D eigenvalue weighted by molar-refractivity contribution is 5.92. The molecule has 36 heavy (non-hydrogen) atoms. The minimum atomic E-state index is -0.564. The Morgan fingerprint density at radius 3 is 2.39 bits per heavy atom. The van der Waals surface area contributed by atoms with E-state index in [1.165, 1.54) is 18.2 Å². The minimum Gasteiger partial charge on any atom is -0.342 e. The zero-order valence-corrected chi connectivity index (χ0v) is 19.8. The lowest BCUT2D eigenvalue weighted by Gasteiger charge is -2.42. The topological polar surface area (TPSA) is 52.7 Å². The molecule has 5 nitrogen and oxygen atoms in total. The first-order valence-electron chi connectivity index (χ1n) is 12.8. The van der Waals surface area contributed by atoms with E-state index in [-0.39, 0.29) is 35.3 Å². The van der Waals surface area contributed by atoms with Gasteiger partial charge in [-0.05, 0) is 71.8 Å². The number of carbonyl (C=O) groups is 2. The third-order valence-electron chi connectivity index (χ3n) is 8.23. The summed E-state index contributed by atoms with van der Waals surface area (Å²) >= 11 is 0. The number of amides is 2. The summed E-state index contributed by atoms with van der Waals surface area (Å²) in [6.45, 7) is 1.86. The number of nitrogens with zero attached hydrogens (tertiary/aromatic N) is 2. The molecule has 2 aliphatic heterocycles. The lowest BCUT2D eigenvalue weighted by Crippen LogP contribution is -2.55. The summed E-state index contributed by atoms with van der Waals surface area (Å²) in [4.78, 5) is 29.2. The second kappa shape index (κ2) is 7.84. The van der Waals surface area contributed by atoms with Gasteiger partial charge < -0.3 is 9.80 Å². The largest absolute Gasteiger partial charge is 0.342 e. The predicted molar refractivity (Wildman–Crippen MR) is 132 cm³/mol. The van der Waals surface area contributed by atoms with E-state index >= 15 is 4.39 Å². The van der Waals surface area contributed by atoms with E-state index in [4.69, 9.17) is 0 Å². The van der Waals surface area contributed by atoms with Crippen molar-refractivity contribution in [1.82, 2.24) is 15.1 Å². The monoisotopic (exact) mass is 487 g/mol. The second-order valence-electron chi connectivity index (χ2n) is 10.9. The third kappa shape index (κ3) is 3.60. The zero-order chi connectivity index (χ0) is 24.6. The smallest absolute Gasteiger partial charge is 0.244 e. The molecule has 4 aliphatic rings. The molecule has 2 heterocycles. The lowest BCUT2D eigenvalue weighted by atomic mass is 9.97. The molecule has 0 aromatic heterocycles. The number of rotatable bonds is 5. The Kier molecular flexibility index (Phi) is 4.77. The highest BCUT2D eigenvalue weighted by atomic mass is 19.1. The summed E-state index contributed by atoms with van der Waals surface area (Å²) < 4.78 is 29.2. The van der Waals surface area contributed by atoms with Crippen LogP contribution in [0.1, 0.15) is 37.4 Å². The molecule has 7 heteroatoms. The number of carbonyl (C=O) groups excluding carboxylic acids is 2. The molecular formula is C29H27F2N3O2. The Morgan fingerprint density at radius 2 is 1.67 bits per heavy atom. The van der Waals surface area contributed by atoms with Gasteiger partial charge in [0.05, 0.1) is 0 Å². The fourth-order valence-electron chi connectivity index (χ4n) is 5.77. The van der Waals surface area contributed by atoms with Gasteiger partial charge >= 0.3 is 0 Å². The Morgan fingerprint density at radius 1 is 0.944 bits per heavy atom. The molecule has 2 saturated carbocycles. The molecule has 1 spiro atoms. The highest BCUT2D eigenvalue weighted by Crippen LogP contribution is 2.47. The second-order valence-corrected chi connectivity index (χ2v) is 10.9. The van der Waals surface area contributed by atoms with Gasteiger partial charge in [-0.25, -0.2) is 8.78 Å². The van der Waals surface area contributed by atoms with Crippen LogP contribution in [0.5, 0.6) is 0 Å². The molecule has 1 N–H and O–H groups in total. The number of likely N-dealkylation sites (tertiary alicyclic amines) is 1. The molecule has 1 unspecified atom stereocenters. The summed E-state index contributed by atoms with van der Waals surface area (Å²) in [6.07, 6.45) is 2.99. The van der Waals surface area contributed by atoms with E-state index in [9.17, 15) is 14.0 Å². The van der Waals surface area contributed by atoms with E-state index in [0.29, 0.717) is 30.8 Å². The van der Waals surface area contributed by atoms with Crippen LogP contribution in [0.2, 0.25) is 0 Å². The number of fused-ring (bicyclic) bond motifs is 1. The van der Waals surface area contributed by atoms with Crippen LogP contribution in [0.4, 0.5) is 8.78 Å². The molecule has 2 aliphatic carbocycles. The average Bonchev–Trinajstić information content (AvgIpc) is 3.76. The molecule has 7 rings (SSSR count). The van der Waals surface area contributed by atoms with Crippen LogP contribution >= 0.6 is 0 Å². The summed E-state index contributed by atoms with van der Waals surface area (Å²) in [5.74, 6) is 0.0237. The SMILES string of the molecule is O=C(C1CC1)N1CC(CN2C(=O)C3(CC3)NC2c2ccc(-c3ccc4ccc(F)cc4c3)cc2F)C1. The summed E-state index contributed by atoms with van der Waals surface area (Å²) in [5.41, 5.74) is 1.39. The maximum absolute atomic E-state index is 15.5. The number of benzene rings is 3. The average molecular weight is 488 g/mol. The minimum absolute atomic E-state index is 0.0412. The fourth-order valence-corrected chi connectivity index (χ4v) is 5.77. The Bertz CT molecular complexity index is 1410. The van der Waals surface area contributed by atoms with Crippen LogP contribution < -0.4 is 5.32 Å². The molecule has 4 fully saturated rings. The van der Waals surface area contributed by atoms with Crippen molar-refractivity contribution in [3.63, 3.8) is 0 Å². The molecular weight excluding hydrogens is 460 g/mol. The summed E-state index contributed by atoms with van der Waals surface area (Å²) in [6, 6.07) is 15.4. The van der Waals surface area contributed by atoms with Crippen molar-refractivity contribution < 1.29 is 18.4 Å². The predicted octanol–water partition coefficient (Wildman–Crippen LogP) is 4.62. The van der Waals surface area contributed by atoms with Crippen LogP contribution in [-0.2, 0) is 9.59 Å². The Hall–Kier alpha value is -3.32. The van der Waals surface area contributed by atoms with Crippen LogP contribution in [0, 0.1) is 23.5 Å². The first kappa shape index (κ1) is 21.9. The highest BCUT2D eigenvalue weighted by Gasteiger charge is 2.60. The van der Waals surface area contributed by atoms with Crippen molar-refractivity contribution in [3.8, 4) is 11.1 Å². The summed E-state index contributed by atoms with van der Waals surface area (Å²) in [5, 5.41) is 5.10. The fraction of sp³-hybridized carbons (Fsp3) is 0.379. The number of hydrogen-bond donors (Lipinski definition) is 1. The number of hydrogen-bond acceptors (Lipinski definition) is 3. The first-order chi connectivity index (χ1) is 17.4.